The molecule has 1 heterocycles. The molecule has 1 unspecified atom stereocenters. The molecule has 0 aliphatic carbocycles. The summed E-state index contributed by atoms with van der Waals surface area (Å²) in [5.41, 5.74) is 0. The molecule has 2 N–H and O–H groups in total. The van der Waals surface area contributed by atoms with E-state index in [1.54, 1.807) is 0 Å². The third-order valence-corrected chi connectivity index (χ3v) is 1.54. The van der Waals surface area contributed by atoms with Crippen molar-refractivity contribution in [2.24, 2.45) is 0 Å². The molecule has 0 saturated heterocycles. The smallest absolute Gasteiger partial charge is 0.375 e. The Morgan fingerprint density at radius 1 is 1.70 bits per heavy atom. The number of rotatable bonds is 1. The van der Waals surface area contributed by atoms with E-state index in [2.05, 4.69) is 4.74 Å². The maximum absolute atomic E-state index is 10.4. The number of carbonyl (C=O) groups excluding carboxylic acids is 1. The molecule has 0 aromatic carbocycles. The molecule has 56 valence electrons. The molecular weight excluding hydrogens is 160 g/mol. The van der Waals surface area contributed by atoms with E-state index in [9.17, 15) is 4.79 Å². The molecule has 1 aliphatic heterocycles. The van der Waals surface area contributed by atoms with Crippen LogP contribution in [0.4, 0.5) is 0 Å². The molecule has 0 spiro atoms. The lowest BCUT2D eigenvalue weighted by Crippen LogP contribution is -2.14. The number of halogens is 1. The van der Waals surface area contributed by atoms with Gasteiger partial charge in [-0.25, -0.2) is 4.79 Å². The zero-order valence-electron chi connectivity index (χ0n) is 4.87. The molecule has 0 aromatic rings. The Balaban J connectivity index is 2.83. The second kappa shape index (κ2) is 2.48. The first-order chi connectivity index (χ1) is 4.66. The van der Waals surface area contributed by atoms with E-state index in [4.69, 9.17) is 21.8 Å². The molecule has 0 aromatic heterocycles. The van der Waals surface area contributed by atoms with Crippen LogP contribution in [0.2, 0.25) is 0 Å². The van der Waals surface area contributed by atoms with E-state index in [1.165, 1.54) is 0 Å². The van der Waals surface area contributed by atoms with E-state index >= 15 is 0 Å². The Hall–Kier alpha value is -0.740. The van der Waals surface area contributed by atoms with Crippen LogP contribution in [0, 0.1) is 0 Å². The summed E-state index contributed by atoms with van der Waals surface area (Å²) in [6, 6.07) is 0. The Morgan fingerprint density at radius 3 is 2.50 bits per heavy atom. The van der Waals surface area contributed by atoms with E-state index in [0.717, 1.165) is 0 Å². The van der Waals surface area contributed by atoms with Gasteiger partial charge >= 0.3 is 5.97 Å². The molecule has 1 rings (SSSR count). The molecule has 5 heteroatoms. The number of aliphatic hydroxyl groups excluding tert-OH is 2. The van der Waals surface area contributed by atoms with Gasteiger partial charge < -0.3 is 14.9 Å². The number of carbonyl (C=O) groups is 1. The van der Waals surface area contributed by atoms with Crippen molar-refractivity contribution in [2.75, 3.05) is 6.61 Å². The molecule has 1 aliphatic rings. The van der Waals surface area contributed by atoms with Crippen molar-refractivity contribution in [3.63, 3.8) is 0 Å². The molecule has 0 radical (unpaired) electrons. The van der Waals surface area contributed by atoms with E-state index in [1.807, 2.05) is 0 Å². The predicted octanol–water partition coefficient (Wildman–Crippen LogP) is -0.0875. The van der Waals surface area contributed by atoms with Gasteiger partial charge in [0.2, 0.25) is 5.76 Å². The maximum atomic E-state index is 10.4. The van der Waals surface area contributed by atoms with Gasteiger partial charge in [-0.3, -0.25) is 0 Å². The molecule has 4 nitrogen and oxygen atoms in total. The molecule has 10 heavy (non-hydrogen) atoms. The first-order valence-corrected chi connectivity index (χ1v) is 2.95. The fourth-order valence-corrected chi connectivity index (χ4v) is 0.795. The first kappa shape index (κ1) is 7.37. The van der Waals surface area contributed by atoms with Gasteiger partial charge in [-0.1, -0.05) is 11.6 Å². The Kier molecular flexibility index (Phi) is 1.82. The standard InChI is InChI=1S/C5H5ClO4/c6-3-2(1-7)10-5(9)4(3)8/h2,7-8H,1H2. The predicted molar refractivity (Wildman–Crippen MR) is 32.5 cm³/mol. The van der Waals surface area contributed by atoms with Gasteiger partial charge in [-0.05, 0) is 0 Å². The molecular formula is C5H5ClO4. The zero-order valence-corrected chi connectivity index (χ0v) is 5.63. The first-order valence-electron chi connectivity index (χ1n) is 2.57. The number of hydrogen-bond acceptors (Lipinski definition) is 4. The lowest BCUT2D eigenvalue weighted by molar-refractivity contribution is -0.143. The van der Waals surface area contributed by atoms with Crippen molar-refractivity contribution >= 4 is 17.6 Å². The molecule has 0 amide bonds. The Morgan fingerprint density at radius 2 is 2.30 bits per heavy atom. The van der Waals surface area contributed by atoms with Crippen molar-refractivity contribution in [3.8, 4) is 0 Å². The van der Waals surface area contributed by atoms with E-state index in [-0.39, 0.29) is 5.03 Å². The minimum absolute atomic E-state index is 0.132. The average molecular weight is 165 g/mol. The minimum atomic E-state index is -0.885. The topological polar surface area (TPSA) is 66.8 Å². The maximum Gasteiger partial charge on any atom is 0.375 e. The number of cyclic esters (lactones) is 1. The van der Waals surface area contributed by atoms with Crippen molar-refractivity contribution < 1.29 is 19.7 Å². The summed E-state index contributed by atoms with van der Waals surface area (Å²) in [6.07, 6.45) is -0.880. The van der Waals surface area contributed by atoms with Crippen LogP contribution in [0.1, 0.15) is 0 Å². The third-order valence-electron chi connectivity index (χ3n) is 1.12. The van der Waals surface area contributed by atoms with Crippen molar-refractivity contribution in [3.05, 3.63) is 10.8 Å². The fourth-order valence-electron chi connectivity index (χ4n) is 0.604. The highest BCUT2D eigenvalue weighted by molar-refractivity contribution is 6.32. The molecule has 1 atom stereocenters. The Labute approximate surface area is 61.7 Å². The monoisotopic (exact) mass is 164 g/mol. The van der Waals surface area contributed by atoms with Gasteiger partial charge in [0, 0.05) is 0 Å². The van der Waals surface area contributed by atoms with Crippen LogP contribution in [0.25, 0.3) is 0 Å². The van der Waals surface area contributed by atoms with E-state index < -0.39 is 24.4 Å². The number of aliphatic hydroxyl groups is 2. The van der Waals surface area contributed by atoms with Gasteiger partial charge in [0.1, 0.15) is 5.03 Å². The van der Waals surface area contributed by atoms with Crippen molar-refractivity contribution in [2.45, 2.75) is 6.10 Å². The minimum Gasteiger partial charge on any atom is -0.501 e. The van der Waals surface area contributed by atoms with Crippen LogP contribution in [-0.2, 0) is 9.53 Å². The molecule has 0 fully saturated rings. The summed E-state index contributed by atoms with van der Waals surface area (Å²) in [5.74, 6) is -1.50. The van der Waals surface area contributed by atoms with Gasteiger partial charge in [-0.15, -0.1) is 0 Å². The lowest BCUT2D eigenvalue weighted by atomic mass is 10.3. The van der Waals surface area contributed by atoms with Crippen molar-refractivity contribution in [1.82, 2.24) is 0 Å². The second-order valence-corrected chi connectivity index (χ2v) is 2.18. The van der Waals surface area contributed by atoms with Gasteiger partial charge in [-0.2, -0.15) is 0 Å². The van der Waals surface area contributed by atoms with Gasteiger partial charge in [0.05, 0.1) is 6.61 Å². The Bertz CT molecular complexity index is 198. The van der Waals surface area contributed by atoms with Crippen LogP contribution >= 0.6 is 11.6 Å². The SMILES string of the molecule is O=C1OC(CO)C(Cl)=C1O. The summed E-state index contributed by atoms with van der Waals surface area (Å²) < 4.78 is 4.39. The highest BCUT2D eigenvalue weighted by Gasteiger charge is 2.32. The van der Waals surface area contributed by atoms with Crippen LogP contribution in [-0.4, -0.2) is 28.9 Å². The summed E-state index contributed by atoms with van der Waals surface area (Å²) in [7, 11) is 0. The largest absolute Gasteiger partial charge is 0.501 e. The summed E-state index contributed by atoms with van der Waals surface area (Å²) in [6.45, 7) is -0.408. The van der Waals surface area contributed by atoms with Crippen LogP contribution in [0.3, 0.4) is 0 Å². The van der Waals surface area contributed by atoms with E-state index in [0.29, 0.717) is 0 Å². The number of hydrogen-bond donors (Lipinski definition) is 2. The van der Waals surface area contributed by atoms with Crippen LogP contribution in [0.15, 0.2) is 10.8 Å². The number of esters is 1. The summed E-state index contributed by atoms with van der Waals surface area (Å²) in [5, 5.41) is 17.1. The normalized spacial score (nSPS) is 25.4. The lowest BCUT2D eigenvalue weighted by Gasteiger charge is -2.02. The van der Waals surface area contributed by atoms with Crippen LogP contribution < -0.4 is 0 Å². The number of ether oxygens (including phenoxy) is 1. The molecule has 0 bridgehead atoms. The van der Waals surface area contributed by atoms with Crippen LogP contribution in [0.5, 0.6) is 0 Å². The fraction of sp³-hybridized carbons (Fsp3) is 0.400. The van der Waals surface area contributed by atoms with Gasteiger partial charge in [0.25, 0.3) is 0 Å². The third kappa shape index (κ3) is 0.955. The highest BCUT2D eigenvalue weighted by atomic mass is 35.5. The second-order valence-electron chi connectivity index (χ2n) is 1.77. The summed E-state index contributed by atoms with van der Waals surface area (Å²) in [4.78, 5) is 10.4. The average Bonchev–Trinajstić information content (AvgIpc) is 2.17. The quantitative estimate of drug-likeness (QED) is 0.532. The zero-order chi connectivity index (χ0) is 7.72. The van der Waals surface area contributed by atoms with Crippen molar-refractivity contribution in [1.29, 1.82) is 0 Å². The van der Waals surface area contributed by atoms with Gasteiger partial charge in [0.15, 0.2) is 6.10 Å². The molecule has 0 saturated carbocycles. The highest BCUT2D eigenvalue weighted by Crippen LogP contribution is 2.23. The summed E-state index contributed by atoms with van der Waals surface area (Å²) >= 11 is 5.35.